The number of rotatable bonds is 2. The van der Waals surface area contributed by atoms with Gasteiger partial charge < -0.3 is 4.42 Å². The summed E-state index contributed by atoms with van der Waals surface area (Å²) in [5, 5.41) is 5.18. The highest BCUT2D eigenvalue weighted by Gasteiger charge is 2.25. The minimum atomic E-state index is -2.50. The largest absolute Gasteiger partial charge is 0.455 e. The Kier molecular flexibility index (Phi) is 3.00. The number of hydrogen-bond donors (Lipinski definition) is 0. The maximum atomic E-state index is 8.57. The fourth-order valence-electron chi connectivity index (χ4n) is 4.89. The molecular weight excluding hydrogens is 402 g/mol. The molecule has 6 rings (SSSR count). The van der Waals surface area contributed by atoms with E-state index in [1.165, 1.54) is 6.92 Å². The second kappa shape index (κ2) is 7.18. The molecule has 4 aromatic carbocycles. The van der Waals surface area contributed by atoms with E-state index in [-0.39, 0.29) is 5.56 Å². The number of hydrogen-bond acceptors (Lipinski definition) is 1. The van der Waals surface area contributed by atoms with Gasteiger partial charge in [-0.25, -0.2) is 4.57 Å². The number of benzene rings is 4. The van der Waals surface area contributed by atoms with Crippen LogP contribution in [0.1, 0.15) is 46.0 Å². The van der Waals surface area contributed by atoms with Crippen LogP contribution in [0.5, 0.6) is 0 Å². The summed E-state index contributed by atoms with van der Waals surface area (Å²) >= 11 is 0. The molecule has 2 nitrogen and oxygen atoms in total. The highest BCUT2D eigenvalue weighted by molar-refractivity contribution is 6.15. The molecular formula is C31H28NO+. The quantitative estimate of drug-likeness (QED) is 0.250. The van der Waals surface area contributed by atoms with Gasteiger partial charge in [-0.15, -0.1) is 0 Å². The predicted molar refractivity (Wildman–Crippen MR) is 139 cm³/mol. The van der Waals surface area contributed by atoms with E-state index in [0.29, 0.717) is 27.9 Å². The molecule has 162 valence electrons. The minimum Gasteiger partial charge on any atom is -0.455 e. The van der Waals surface area contributed by atoms with E-state index >= 15 is 0 Å². The lowest BCUT2D eigenvalue weighted by molar-refractivity contribution is -0.659. The van der Waals surface area contributed by atoms with Crippen LogP contribution in [0.3, 0.4) is 0 Å². The van der Waals surface area contributed by atoms with Crippen molar-refractivity contribution >= 4 is 43.5 Å². The van der Waals surface area contributed by atoms with Gasteiger partial charge in [0.15, 0.2) is 6.20 Å². The van der Waals surface area contributed by atoms with Crippen molar-refractivity contribution in [2.75, 3.05) is 0 Å². The molecule has 0 N–H and O–H groups in total. The van der Waals surface area contributed by atoms with Gasteiger partial charge in [-0.05, 0) is 76.8 Å². The van der Waals surface area contributed by atoms with Crippen molar-refractivity contribution in [1.82, 2.24) is 0 Å². The predicted octanol–water partition coefficient (Wildman–Crippen LogP) is 8.12. The van der Waals surface area contributed by atoms with E-state index in [9.17, 15) is 0 Å². The second-order valence-electron chi connectivity index (χ2n) is 8.80. The van der Waals surface area contributed by atoms with Gasteiger partial charge in [0.1, 0.15) is 18.2 Å². The van der Waals surface area contributed by atoms with Crippen molar-refractivity contribution < 1.29 is 18.6 Å². The maximum Gasteiger partial charge on any atom is 0.224 e. The Bertz CT molecular complexity index is 1980. The lowest BCUT2D eigenvalue weighted by Gasteiger charge is -2.12. The number of fused-ring (bicyclic) bond motifs is 5. The zero-order chi connectivity index (χ0) is 28.8. The first kappa shape index (κ1) is 13.8. The van der Waals surface area contributed by atoms with Crippen molar-refractivity contribution in [3.63, 3.8) is 0 Å². The smallest absolute Gasteiger partial charge is 0.224 e. The average molecular weight is 438 g/mol. The maximum absolute atomic E-state index is 8.57. The molecule has 0 spiro atoms. The summed E-state index contributed by atoms with van der Waals surface area (Å²) in [6.07, 6.45) is 1.86. The fraction of sp³-hybridized carbons (Fsp3) is 0.194. The van der Waals surface area contributed by atoms with Gasteiger partial charge in [-0.3, -0.25) is 0 Å². The molecule has 1 unspecified atom stereocenters. The molecule has 2 aromatic heterocycles. The van der Waals surface area contributed by atoms with Crippen LogP contribution in [-0.2, 0) is 7.05 Å². The van der Waals surface area contributed by atoms with E-state index in [1.807, 2.05) is 73.3 Å². The molecule has 0 amide bonds. The summed E-state index contributed by atoms with van der Waals surface area (Å²) < 4.78 is 65.6. The first-order valence-corrected chi connectivity index (χ1v) is 11.0. The summed E-state index contributed by atoms with van der Waals surface area (Å²) in [5.74, 6) is -1.79. The summed E-state index contributed by atoms with van der Waals surface area (Å²) in [6.45, 7) is -1.64. The van der Waals surface area contributed by atoms with Crippen molar-refractivity contribution in [1.29, 1.82) is 0 Å². The summed E-state index contributed by atoms with van der Waals surface area (Å²) in [6, 6.07) is 20.9. The van der Waals surface area contributed by atoms with Crippen LogP contribution in [0.25, 0.3) is 54.7 Å². The van der Waals surface area contributed by atoms with Crippen LogP contribution in [0.4, 0.5) is 0 Å². The Morgan fingerprint density at radius 2 is 1.73 bits per heavy atom. The Labute approximate surface area is 203 Å². The Balaban J connectivity index is 1.73. The first-order chi connectivity index (χ1) is 18.7. The van der Waals surface area contributed by atoms with Crippen LogP contribution >= 0.6 is 0 Å². The summed E-state index contributed by atoms with van der Waals surface area (Å²) in [4.78, 5) is 0. The third-order valence-corrected chi connectivity index (χ3v) is 6.70. The number of aromatic nitrogens is 1. The zero-order valence-electron chi connectivity index (χ0n) is 25.8. The van der Waals surface area contributed by atoms with E-state index < -0.39 is 19.6 Å². The SMILES string of the molecule is [2H]C([2H])([2H])c1cc2c(oc3cc4ccccc4cc32)c(-c2c3ccc(C([2H])(C)C([2H])([2H])[2H])cc3cc[n+]2C)c1C. The van der Waals surface area contributed by atoms with Crippen molar-refractivity contribution in [2.24, 2.45) is 7.05 Å². The summed E-state index contributed by atoms with van der Waals surface area (Å²) in [7, 11) is 1.89. The highest BCUT2D eigenvalue weighted by Crippen LogP contribution is 2.41. The fourth-order valence-corrected chi connectivity index (χ4v) is 4.89. The molecule has 0 fully saturated rings. The second-order valence-corrected chi connectivity index (χ2v) is 8.80. The number of pyridine rings is 1. The van der Waals surface area contributed by atoms with Crippen LogP contribution in [0.15, 0.2) is 77.3 Å². The van der Waals surface area contributed by atoms with E-state index in [0.717, 1.165) is 38.0 Å². The molecule has 0 saturated heterocycles. The molecule has 2 heteroatoms. The first-order valence-electron chi connectivity index (χ1n) is 14.5. The topological polar surface area (TPSA) is 17.0 Å². The molecule has 0 aliphatic carbocycles. The van der Waals surface area contributed by atoms with Crippen LogP contribution in [-0.4, -0.2) is 0 Å². The molecule has 0 aliphatic heterocycles. The third kappa shape index (κ3) is 2.97. The van der Waals surface area contributed by atoms with E-state index in [4.69, 9.17) is 14.0 Å². The molecule has 33 heavy (non-hydrogen) atoms. The third-order valence-electron chi connectivity index (χ3n) is 6.70. The average Bonchev–Trinajstić information content (AvgIpc) is 3.23. The van der Waals surface area contributed by atoms with Gasteiger partial charge in [0.2, 0.25) is 5.69 Å². The molecule has 0 bridgehead atoms. The van der Waals surface area contributed by atoms with Crippen molar-refractivity contribution in [3.05, 3.63) is 89.6 Å². The Hall–Kier alpha value is -3.65. The normalized spacial score (nSPS) is 17.7. The standard InChI is InChI=1S/C31H28NO/c1-18(2)21-10-11-25-24(15-21)12-13-32(5)30(25)29-20(4)19(3)14-27-26-16-22-8-6-7-9-23(22)17-28(26)33-31(27)29/h6-18H,1-5H3/q+1/i1D3,3D3,18D. The zero-order valence-corrected chi connectivity index (χ0v) is 18.8. The molecule has 2 heterocycles. The van der Waals surface area contributed by atoms with E-state index in [1.54, 1.807) is 18.2 Å². The van der Waals surface area contributed by atoms with Crippen LogP contribution in [0, 0.1) is 13.8 Å². The molecule has 1 atom stereocenters. The lowest BCUT2D eigenvalue weighted by Crippen LogP contribution is -2.31. The van der Waals surface area contributed by atoms with E-state index in [2.05, 4.69) is 0 Å². The number of aryl methyl sites for hydroxylation is 2. The summed E-state index contributed by atoms with van der Waals surface area (Å²) in [5.41, 5.74) is 3.92. The Morgan fingerprint density at radius 3 is 2.52 bits per heavy atom. The van der Waals surface area contributed by atoms with Gasteiger partial charge in [-0.2, -0.15) is 0 Å². The van der Waals surface area contributed by atoms with Gasteiger partial charge in [0.25, 0.3) is 0 Å². The molecule has 0 aliphatic rings. The van der Waals surface area contributed by atoms with Gasteiger partial charge >= 0.3 is 0 Å². The van der Waals surface area contributed by atoms with Crippen molar-refractivity contribution in [2.45, 2.75) is 33.4 Å². The number of furan rings is 1. The van der Waals surface area contributed by atoms with Gasteiger partial charge in [-0.1, -0.05) is 50.2 Å². The highest BCUT2D eigenvalue weighted by atomic mass is 16.3. The van der Waals surface area contributed by atoms with Gasteiger partial charge in [0.05, 0.1) is 10.9 Å². The lowest BCUT2D eigenvalue weighted by atomic mass is 9.92. The monoisotopic (exact) mass is 437 g/mol. The number of nitrogens with zero attached hydrogens (tertiary/aromatic N) is 1. The molecule has 0 radical (unpaired) electrons. The minimum absolute atomic E-state index is 0.251. The Morgan fingerprint density at radius 1 is 0.909 bits per heavy atom. The molecule has 0 saturated carbocycles. The van der Waals surface area contributed by atoms with Crippen molar-refractivity contribution in [3.8, 4) is 11.3 Å². The van der Waals surface area contributed by atoms with Crippen LogP contribution < -0.4 is 4.57 Å². The molecule has 6 aromatic rings. The van der Waals surface area contributed by atoms with Gasteiger partial charge in [0, 0.05) is 26.4 Å². The van der Waals surface area contributed by atoms with Crippen LogP contribution in [0.2, 0.25) is 0 Å².